The zero-order chi connectivity index (χ0) is 8.72. The van der Waals surface area contributed by atoms with Crippen LogP contribution >= 0.6 is 11.8 Å². The second-order valence-corrected chi connectivity index (χ2v) is 3.70. The summed E-state index contributed by atoms with van der Waals surface area (Å²) >= 11 is 1.55. The van der Waals surface area contributed by atoms with E-state index in [4.69, 9.17) is 0 Å². The van der Waals surface area contributed by atoms with Gasteiger partial charge in [-0.25, -0.2) is 4.98 Å². The maximum absolute atomic E-state index is 11.3. The minimum Gasteiger partial charge on any atom is -0.502 e. The number of rotatable bonds is 0. The molecule has 0 saturated heterocycles. The Morgan fingerprint density at radius 1 is 1.67 bits per heavy atom. The van der Waals surface area contributed by atoms with Crippen molar-refractivity contribution in [3.8, 4) is 5.75 Å². The molecule has 2 rings (SSSR count). The molecule has 0 unspecified atom stereocenters. The van der Waals surface area contributed by atoms with Gasteiger partial charge in [-0.2, -0.15) is 0 Å². The molecule has 0 amide bonds. The first kappa shape index (κ1) is 7.67. The SMILES string of the molecule is Cc1nc2n(c(=O)c1O)CCS2. The van der Waals surface area contributed by atoms with Gasteiger partial charge in [0.05, 0.1) is 5.69 Å². The molecule has 1 aromatic rings. The monoisotopic (exact) mass is 184 g/mol. The van der Waals surface area contributed by atoms with Crippen LogP contribution in [0.2, 0.25) is 0 Å². The third-order valence-electron chi connectivity index (χ3n) is 1.83. The molecule has 64 valence electrons. The van der Waals surface area contributed by atoms with Crippen molar-refractivity contribution in [2.45, 2.75) is 18.6 Å². The van der Waals surface area contributed by atoms with Crippen molar-refractivity contribution in [2.75, 3.05) is 5.75 Å². The van der Waals surface area contributed by atoms with Crippen LogP contribution in [-0.2, 0) is 6.54 Å². The third-order valence-corrected chi connectivity index (χ3v) is 2.79. The Bertz CT molecular complexity index is 386. The molecule has 2 heterocycles. The lowest BCUT2D eigenvalue weighted by molar-refractivity contribution is 0.441. The van der Waals surface area contributed by atoms with Crippen molar-refractivity contribution >= 4 is 11.8 Å². The molecule has 0 aromatic carbocycles. The number of fused-ring (bicyclic) bond motifs is 1. The van der Waals surface area contributed by atoms with E-state index in [9.17, 15) is 9.90 Å². The molecule has 0 fully saturated rings. The normalized spacial score (nSPS) is 14.8. The van der Waals surface area contributed by atoms with E-state index in [1.54, 1.807) is 18.7 Å². The van der Waals surface area contributed by atoms with Crippen molar-refractivity contribution in [3.63, 3.8) is 0 Å². The largest absolute Gasteiger partial charge is 0.502 e. The number of aryl methyl sites for hydroxylation is 1. The predicted molar refractivity (Wildman–Crippen MR) is 45.6 cm³/mol. The van der Waals surface area contributed by atoms with Gasteiger partial charge in [0.25, 0.3) is 5.56 Å². The summed E-state index contributed by atoms with van der Waals surface area (Å²) in [6, 6.07) is 0. The van der Waals surface area contributed by atoms with E-state index >= 15 is 0 Å². The predicted octanol–water partition coefficient (Wildman–Crippen LogP) is 0.363. The average Bonchev–Trinajstić information content (AvgIpc) is 2.48. The summed E-state index contributed by atoms with van der Waals surface area (Å²) in [7, 11) is 0. The van der Waals surface area contributed by atoms with Crippen LogP contribution in [0, 0.1) is 6.92 Å². The van der Waals surface area contributed by atoms with E-state index in [1.807, 2.05) is 0 Å². The Morgan fingerprint density at radius 3 is 3.17 bits per heavy atom. The fourth-order valence-electron chi connectivity index (χ4n) is 1.16. The lowest BCUT2D eigenvalue weighted by Crippen LogP contribution is -2.20. The highest BCUT2D eigenvalue weighted by Crippen LogP contribution is 2.23. The molecular weight excluding hydrogens is 176 g/mol. The van der Waals surface area contributed by atoms with Gasteiger partial charge in [-0.05, 0) is 6.92 Å². The maximum Gasteiger partial charge on any atom is 0.296 e. The summed E-state index contributed by atoms with van der Waals surface area (Å²) in [6.07, 6.45) is 0. The second kappa shape index (κ2) is 2.52. The molecular formula is C7H8N2O2S. The van der Waals surface area contributed by atoms with Crippen LogP contribution in [-0.4, -0.2) is 20.4 Å². The van der Waals surface area contributed by atoms with E-state index in [0.29, 0.717) is 12.2 Å². The van der Waals surface area contributed by atoms with E-state index in [-0.39, 0.29) is 11.3 Å². The lowest BCUT2D eigenvalue weighted by atomic mass is 10.4. The average molecular weight is 184 g/mol. The van der Waals surface area contributed by atoms with E-state index < -0.39 is 0 Å². The number of hydrogen-bond acceptors (Lipinski definition) is 4. The molecule has 0 spiro atoms. The van der Waals surface area contributed by atoms with Crippen molar-refractivity contribution in [3.05, 3.63) is 16.0 Å². The van der Waals surface area contributed by atoms with Crippen LogP contribution in [0.5, 0.6) is 5.75 Å². The molecule has 1 aromatic heterocycles. The van der Waals surface area contributed by atoms with Gasteiger partial charge in [0.15, 0.2) is 5.16 Å². The number of nitrogens with zero attached hydrogens (tertiary/aromatic N) is 2. The number of aromatic nitrogens is 2. The molecule has 0 aliphatic carbocycles. The van der Waals surface area contributed by atoms with Gasteiger partial charge in [-0.1, -0.05) is 11.8 Å². The van der Waals surface area contributed by atoms with Crippen molar-refractivity contribution in [2.24, 2.45) is 0 Å². The summed E-state index contributed by atoms with van der Waals surface area (Å²) in [4.78, 5) is 15.4. The Labute approximate surface area is 73.2 Å². The summed E-state index contributed by atoms with van der Waals surface area (Å²) < 4.78 is 1.51. The van der Waals surface area contributed by atoms with E-state index in [1.165, 1.54) is 4.57 Å². The molecule has 0 bridgehead atoms. The first-order valence-electron chi connectivity index (χ1n) is 3.63. The minimum absolute atomic E-state index is 0.221. The maximum atomic E-state index is 11.3. The summed E-state index contributed by atoms with van der Waals surface area (Å²) in [5, 5.41) is 9.98. The zero-order valence-electron chi connectivity index (χ0n) is 6.57. The quantitative estimate of drug-likeness (QED) is 0.592. The molecule has 1 aliphatic rings. The van der Waals surface area contributed by atoms with Crippen molar-refractivity contribution in [1.82, 2.24) is 9.55 Å². The molecule has 12 heavy (non-hydrogen) atoms. The molecule has 4 nitrogen and oxygen atoms in total. The highest BCUT2D eigenvalue weighted by atomic mass is 32.2. The van der Waals surface area contributed by atoms with Gasteiger partial charge in [-0.15, -0.1) is 0 Å². The van der Waals surface area contributed by atoms with Gasteiger partial charge in [0, 0.05) is 12.3 Å². The van der Waals surface area contributed by atoms with Crippen LogP contribution < -0.4 is 5.56 Å². The van der Waals surface area contributed by atoms with Gasteiger partial charge in [-0.3, -0.25) is 9.36 Å². The van der Waals surface area contributed by atoms with Gasteiger partial charge in [0.1, 0.15) is 0 Å². The number of aromatic hydroxyl groups is 1. The lowest BCUT2D eigenvalue weighted by Gasteiger charge is -2.02. The van der Waals surface area contributed by atoms with E-state index in [2.05, 4.69) is 4.98 Å². The summed E-state index contributed by atoms with van der Waals surface area (Å²) in [6.45, 7) is 2.29. The van der Waals surface area contributed by atoms with Crippen molar-refractivity contribution < 1.29 is 5.11 Å². The molecule has 5 heteroatoms. The highest BCUT2D eigenvalue weighted by Gasteiger charge is 2.17. The Morgan fingerprint density at radius 2 is 2.42 bits per heavy atom. The van der Waals surface area contributed by atoms with Crippen LogP contribution in [0.25, 0.3) is 0 Å². The smallest absolute Gasteiger partial charge is 0.296 e. The minimum atomic E-state index is -0.317. The summed E-state index contributed by atoms with van der Waals surface area (Å²) in [5.41, 5.74) is 0.100. The Kier molecular flexibility index (Phi) is 1.61. The highest BCUT2D eigenvalue weighted by molar-refractivity contribution is 7.99. The van der Waals surface area contributed by atoms with E-state index in [0.717, 1.165) is 10.9 Å². The van der Waals surface area contributed by atoms with Crippen LogP contribution in [0.4, 0.5) is 0 Å². The fourth-order valence-corrected chi connectivity index (χ4v) is 2.15. The standard InChI is InChI=1S/C7H8N2O2S/c1-4-5(10)6(11)9-2-3-12-7(9)8-4/h10H,2-3H2,1H3. The Balaban J connectivity index is 2.76. The van der Waals surface area contributed by atoms with Crippen LogP contribution in [0.3, 0.4) is 0 Å². The summed E-state index contributed by atoms with van der Waals surface area (Å²) in [5.74, 6) is 0.645. The molecule has 1 N–H and O–H groups in total. The number of thioether (sulfide) groups is 1. The third kappa shape index (κ3) is 0.929. The van der Waals surface area contributed by atoms with Crippen molar-refractivity contribution in [1.29, 1.82) is 0 Å². The zero-order valence-corrected chi connectivity index (χ0v) is 7.39. The van der Waals surface area contributed by atoms with Gasteiger partial charge >= 0.3 is 0 Å². The first-order valence-corrected chi connectivity index (χ1v) is 4.62. The van der Waals surface area contributed by atoms with Gasteiger partial charge in [0.2, 0.25) is 5.75 Å². The topological polar surface area (TPSA) is 55.1 Å². The first-order chi connectivity index (χ1) is 5.70. The van der Waals surface area contributed by atoms with Crippen LogP contribution in [0.15, 0.2) is 9.95 Å². The van der Waals surface area contributed by atoms with Crippen LogP contribution in [0.1, 0.15) is 5.69 Å². The Hall–Kier alpha value is -0.970. The molecule has 0 atom stereocenters. The fraction of sp³-hybridized carbons (Fsp3) is 0.429. The molecule has 0 saturated carbocycles. The molecule has 0 radical (unpaired) electrons. The van der Waals surface area contributed by atoms with Gasteiger partial charge < -0.3 is 5.11 Å². The second-order valence-electron chi connectivity index (χ2n) is 2.63. The number of hydrogen-bond donors (Lipinski definition) is 1. The molecule has 1 aliphatic heterocycles.